The van der Waals surface area contributed by atoms with Crippen molar-refractivity contribution in [2.24, 2.45) is 0 Å². The monoisotopic (exact) mass is 323 g/mol. The number of aryl methyl sites for hydroxylation is 3. The Morgan fingerprint density at radius 1 is 1.19 bits per heavy atom. The second kappa shape index (κ2) is 6.95. The minimum atomic E-state index is -0.0705. The van der Waals surface area contributed by atoms with Crippen LogP contribution in [0.5, 0.6) is 0 Å². The lowest BCUT2D eigenvalue weighted by Crippen LogP contribution is -2.13. The maximum absolute atomic E-state index is 11.9. The fraction of sp³-hybridized carbons (Fsp3) is 0.462. The summed E-state index contributed by atoms with van der Waals surface area (Å²) in [5.41, 5.74) is 2.91. The molecule has 112 valence electrons. The number of nitrogens with zero attached hydrogens (tertiary/aromatic N) is 4. The highest BCUT2D eigenvalue weighted by molar-refractivity contribution is 7.98. The van der Waals surface area contributed by atoms with Gasteiger partial charge in [0.05, 0.1) is 0 Å². The molecule has 0 fully saturated rings. The van der Waals surface area contributed by atoms with E-state index in [4.69, 9.17) is 0 Å². The van der Waals surface area contributed by atoms with Crippen LogP contribution in [0, 0.1) is 20.8 Å². The molecule has 21 heavy (non-hydrogen) atoms. The van der Waals surface area contributed by atoms with Crippen LogP contribution in [0.3, 0.4) is 0 Å². The average molecular weight is 323 g/mol. The number of nitrogens with one attached hydrogen (secondary N) is 1. The van der Waals surface area contributed by atoms with Crippen molar-refractivity contribution in [2.75, 3.05) is 11.6 Å². The van der Waals surface area contributed by atoms with E-state index in [0.29, 0.717) is 18.0 Å². The van der Waals surface area contributed by atoms with E-state index in [9.17, 15) is 4.79 Å². The topological polar surface area (TPSA) is 80.7 Å². The molecular formula is C13H17N5OS2. The fourth-order valence-electron chi connectivity index (χ4n) is 1.93. The summed E-state index contributed by atoms with van der Waals surface area (Å²) < 4.78 is 0. The molecule has 0 atom stereocenters. The van der Waals surface area contributed by atoms with Crippen molar-refractivity contribution < 1.29 is 4.79 Å². The number of rotatable bonds is 5. The Balaban J connectivity index is 1.98. The summed E-state index contributed by atoms with van der Waals surface area (Å²) in [6.45, 7) is 5.76. The molecule has 0 aromatic carbocycles. The first-order valence-corrected chi connectivity index (χ1v) is 8.51. The van der Waals surface area contributed by atoms with Crippen LogP contribution in [0.15, 0.2) is 5.16 Å². The molecular weight excluding hydrogens is 306 g/mol. The molecule has 0 saturated heterocycles. The van der Waals surface area contributed by atoms with Gasteiger partial charge in [0.1, 0.15) is 5.01 Å². The number of amides is 1. The largest absolute Gasteiger partial charge is 0.301 e. The molecule has 2 aromatic rings. The van der Waals surface area contributed by atoms with Gasteiger partial charge >= 0.3 is 0 Å². The van der Waals surface area contributed by atoms with Crippen molar-refractivity contribution in [2.45, 2.75) is 38.8 Å². The van der Waals surface area contributed by atoms with Crippen molar-refractivity contribution in [1.29, 1.82) is 0 Å². The maximum atomic E-state index is 11.9. The van der Waals surface area contributed by atoms with Crippen LogP contribution in [-0.4, -0.2) is 32.3 Å². The van der Waals surface area contributed by atoms with E-state index < -0.39 is 0 Å². The van der Waals surface area contributed by atoms with Crippen molar-refractivity contribution in [3.05, 3.63) is 22.0 Å². The van der Waals surface area contributed by atoms with Gasteiger partial charge in [-0.3, -0.25) is 4.79 Å². The van der Waals surface area contributed by atoms with Gasteiger partial charge in [0.2, 0.25) is 11.0 Å². The number of anilines is 1. The Morgan fingerprint density at radius 2 is 1.86 bits per heavy atom. The van der Waals surface area contributed by atoms with Crippen LogP contribution in [0.4, 0.5) is 5.13 Å². The summed E-state index contributed by atoms with van der Waals surface area (Å²) in [5, 5.41) is 12.6. The number of hydrogen-bond acceptors (Lipinski definition) is 7. The lowest BCUT2D eigenvalue weighted by Gasteiger charge is -2.09. The molecule has 0 aliphatic heterocycles. The van der Waals surface area contributed by atoms with E-state index in [1.807, 2.05) is 27.0 Å². The fourth-order valence-corrected chi connectivity index (χ4v) is 2.99. The van der Waals surface area contributed by atoms with E-state index >= 15 is 0 Å². The highest BCUT2D eigenvalue weighted by atomic mass is 32.2. The summed E-state index contributed by atoms with van der Waals surface area (Å²) in [7, 11) is 0. The van der Waals surface area contributed by atoms with Gasteiger partial charge in [-0.05, 0) is 39.0 Å². The summed E-state index contributed by atoms with van der Waals surface area (Å²) in [6.07, 6.45) is 2.95. The first-order chi connectivity index (χ1) is 9.99. The SMILES string of the molecule is CSc1nc(C)c(CCC(=O)Nc2nnc(C)s2)c(C)n1. The van der Waals surface area contributed by atoms with Crippen molar-refractivity contribution in [1.82, 2.24) is 20.2 Å². The van der Waals surface area contributed by atoms with Gasteiger partial charge in [0.25, 0.3) is 0 Å². The molecule has 0 radical (unpaired) electrons. The molecule has 0 spiro atoms. The van der Waals surface area contributed by atoms with Crippen LogP contribution in [-0.2, 0) is 11.2 Å². The third-order valence-corrected chi connectivity index (χ3v) is 4.26. The first kappa shape index (κ1) is 15.8. The molecule has 8 heteroatoms. The Labute approximate surface area is 131 Å². The number of thioether (sulfide) groups is 1. The van der Waals surface area contributed by atoms with Gasteiger partial charge < -0.3 is 5.32 Å². The maximum Gasteiger partial charge on any atom is 0.226 e. The summed E-state index contributed by atoms with van der Waals surface area (Å²) in [5.74, 6) is -0.0705. The quantitative estimate of drug-likeness (QED) is 0.673. The van der Waals surface area contributed by atoms with E-state index in [-0.39, 0.29) is 5.91 Å². The molecule has 1 amide bonds. The summed E-state index contributed by atoms with van der Waals surface area (Å²) in [4.78, 5) is 20.8. The predicted molar refractivity (Wildman–Crippen MR) is 84.9 cm³/mol. The van der Waals surface area contributed by atoms with Crippen molar-refractivity contribution >= 4 is 34.1 Å². The lowest BCUT2D eigenvalue weighted by molar-refractivity contribution is -0.116. The highest BCUT2D eigenvalue weighted by Gasteiger charge is 2.11. The first-order valence-electron chi connectivity index (χ1n) is 6.47. The molecule has 1 N–H and O–H groups in total. The van der Waals surface area contributed by atoms with E-state index in [2.05, 4.69) is 25.5 Å². The number of carbonyl (C=O) groups is 1. The molecule has 0 unspecified atom stereocenters. The minimum absolute atomic E-state index is 0.0705. The molecule has 0 bridgehead atoms. The molecule has 6 nitrogen and oxygen atoms in total. The van der Waals surface area contributed by atoms with Crippen LogP contribution in [0.1, 0.15) is 28.4 Å². The Morgan fingerprint density at radius 3 is 2.38 bits per heavy atom. The van der Waals surface area contributed by atoms with Gasteiger partial charge in [0, 0.05) is 17.8 Å². The summed E-state index contributed by atoms with van der Waals surface area (Å²) in [6, 6.07) is 0. The summed E-state index contributed by atoms with van der Waals surface area (Å²) >= 11 is 2.89. The van der Waals surface area contributed by atoms with Gasteiger partial charge in [0.15, 0.2) is 5.16 Å². The van der Waals surface area contributed by atoms with E-state index in [1.54, 1.807) is 0 Å². The lowest BCUT2D eigenvalue weighted by atomic mass is 10.1. The second-order valence-corrected chi connectivity index (χ2v) is 6.49. The van der Waals surface area contributed by atoms with Crippen LogP contribution in [0.25, 0.3) is 0 Å². The molecule has 2 heterocycles. The van der Waals surface area contributed by atoms with Gasteiger partial charge in [-0.1, -0.05) is 23.1 Å². The number of carbonyl (C=O) groups excluding carboxylic acids is 1. The molecule has 2 aromatic heterocycles. The normalized spacial score (nSPS) is 10.7. The number of hydrogen-bond donors (Lipinski definition) is 1. The smallest absolute Gasteiger partial charge is 0.226 e. The standard InChI is InChI=1S/C13H17N5OS2/c1-7-10(8(2)15-12(14-7)20-4)5-6-11(19)16-13-18-17-9(3)21-13/h5-6H2,1-4H3,(H,16,18,19). The zero-order chi connectivity index (χ0) is 15.4. The third kappa shape index (κ3) is 4.21. The Bertz CT molecular complexity index is 633. The molecule has 0 saturated carbocycles. The van der Waals surface area contributed by atoms with Crippen LogP contribution in [0.2, 0.25) is 0 Å². The van der Waals surface area contributed by atoms with E-state index in [1.165, 1.54) is 23.1 Å². The van der Waals surface area contributed by atoms with Crippen LogP contribution >= 0.6 is 23.1 Å². The molecule has 0 aliphatic carbocycles. The zero-order valence-electron chi connectivity index (χ0n) is 12.4. The van der Waals surface area contributed by atoms with Crippen molar-refractivity contribution in [3.8, 4) is 0 Å². The van der Waals surface area contributed by atoms with Gasteiger partial charge in [-0.2, -0.15) is 0 Å². The van der Waals surface area contributed by atoms with Gasteiger partial charge in [-0.15, -0.1) is 10.2 Å². The minimum Gasteiger partial charge on any atom is -0.301 e. The average Bonchev–Trinajstić information content (AvgIpc) is 2.82. The Hall–Kier alpha value is -1.54. The van der Waals surface area contributed by atoms with Crippen LogP contribution < -0.4 is 5.32 Å². The Kier molecular flexibility index (Phi) is 5.24. The predicted octanol–water partition coefficient (Wildman–Crippen LogP) is 2.55. The van der Waals surface area contributed by atoms with Gasteiger partial charge in [-0.25, -0.2) is 9.97 Å². The van der Waals surface area contributed by atoms with E-state index in [0.717, 1.165) is 27.1 Å². The third-order valence-electron chi connectivity index (χ3n) is 2.96. The zero-order valence-corrected chi connectivity index (χ0v) is 14.1. The molecule has 0 aliphatic rings. The molecule has 2 rings (SSSR count). The van der Waals surface area contributed by atoms with Crippen molar-refractivity contribution in [3.63, 3.8) is 0 Å². The highest BCUT2D eigenvalue weighted by Crippen LogP contribution is 2.18. The number of aromatic nitrogens is 4. The second-order valence-electron chi connectivity index (χ2n) is 4.53.